The third-order valence-corrected chi connectivity index (χ3v) is 10.4. The molecule has 0 spiro atoms. The highest BCUT2D eigenvalue weighted by atomic mass is 35.5. The first-order chi connectivity index (χ1) is 23.7. The largest absolute Gasteiger partial charge is 0.508 e. The average Bonchev–Trinajstić information content (AvgIpc) is 3.38. The number of rotatable bonds is 14. The quantitative estimate of drug-likeness (QED) is 0.107. The molecule has 0 radical (unpaired) electrons. The summed E-state index contributed by atoms with van der Waals surface area (Å²) < 4.78 is 31.5. The van der Waals surface area contributed by atoms with Gasteiger partial charge in [-0.15, -0.1) is 0 Å². The number of aromatic hydroxyl groups is 1. The van der Waals surface area contributed by atoms with Gasteiger partial charge in [0, 0.05) is 40.1 Å². The van der Waals surface area contributed by atoms with Crippen molar-refractivity contribution in [2.45, 2.75) is 37.5 Å². The van der Waals surface area contributed by atoms with E-state index in [0.29, 0.717) is 23.4 Å². The Balaban J connectivity index is 1.40. The molecule has 6 aromatic rings. The predicted octanol–water partition coefficient (Wildman–Crippen LogP) is 8.17. The smallest absolute Gasteiger partial charge is 0.335 e. The van der Waals surface area contributed by atoms with E-state index in [1.807, 2.05) is 66.7 Å². The molecule has 49 heavy (non-hydrogen) atoms. The van der Waals surface area contributed by atoms with Gasteiger partial charge in [0.25, 0.3) is 0 Å². The number of benzene rings is 5. The second-order valence-corrected chi connectivity index (χ2v) is 14.3. The summed E-state index contributed by atoms with van der Waals surface area (Å²) in [5, 5.41) is 21.1. The van der Waals surface area contributed by atoms with E-state index in [2.05, 4.69) is 33.6 Å². The molecule has 0 aliphatic heterocycles. The van der Waals surface area contributed by atoms with Crippen molar-refractivity contribution in [1.82, 2.24) is 9.29 Å². The Morgan fingerprint density at radius 3 is 2.04 bits per heavy atom. The van der Waals surface area contributed by atoms with Crippen molar-refractivity contribution in [3.8, 4) is 5.75 Å². The molecule has 0 bridgehead atoms. The van der Waals surface area contributed by atoms with E-state index in [-0.39, 0.29) is 29.7 Å². The number of para-hydroxylation sites is 1. The van der Waals surface area contributed by atoms with Crippen molar-refractivity contribution in [3.05, 3.63) is 171 Å². The molecular weight excluding hydrogens is 656 g/mol. The molecule has 1 heterocycles. The highest BCUT2D eigenvalue weighted by Crippen LogP contribution is 2.38. The molecule has 6 rings (SSSR count). The van der Waals surface area contributed by atoms with Crippen LogP contribution in [0, 0.1) is 0 Å². The summed E-state index contributed by atoms with van der Waals surface area (Å²) in [6.45, 7) is 0.153. The predicted molar refractivity (Wildman–Crippen MR) is 195 cm³/mol. The molecule has 250 valence electrons. The lowest BCUT2D eigenvalue weighted by Crippen LogP contribution is -2.28. The number of phenolic OH excluding ortho intramolecular Hbond substituents is 1. The van der Waals surface area contributed by atoms with Gasteiger partial charge in [0.2, 0.25) is 10.0 Å². The molecule has 0 atom stereocenters. The van der Waals surface area contributed by atoms with Gasteiger partial charge in [-0.05, 0) is 77.9 Å². The lowest BCUT2D eigenvalue weighted by atomic mass is 9.97. The molecule has 7 nitrogen and oxygen atoms in total. The number of phenols is 1. The Hall–Kier alpha value is -4.89. The van der Waals surface area contributed by atoms with Gasteiger partial charge in [-0.3, -0.25) is 0 Å². The molecule has 0 saturated heterocycles. The van der Waals surface area contributed by atoms with Crippen LogP contribution in [0.25, 0.3) is 10.9 Å². The molecule has 5 aromatic carbocycles. The van der Waals surface area contributed by atoms with E-state index in [9.17, 15) is 23.4 Å². The van der Waals surface area contributed by atoms with Gasteiger partial charge in [-0.1, -0.05) is 103 Å². The van der Waals surface area contributed by atoms with Gasteiger partial charge < -0.3 is 14.8 Å². The van der Waals surface area contributed by atoms with Crippen LogP contribution in [0.2, 0.25) is 5.02 Å². The summed E-state index contributed by atoms with van der Waals surface area (Å²) in [6, 6.07) is 39.6. The van der Waals surface area contributed by atoms with Crippen molar-refractivity contribution in [2.75, 3.05) is 6.54 Å². The van der Waals surface area contributed by atoms with E-state index in [0.717, 1.165) is 51.7 Å². The minimum Gasteiger partial charge on any atom is -0.508 e. The minimum atomic E-state index is -3.76. The lowest BCUT2D eigenvalue weighted by molar-refractivity contribution is 0.0697. The number of hydrogen-bond acceptors (Lipinski definition) is 4. The summed E-state index contributed by atoms with van der Waals surface area (Å²) in [5.74, 6) is -1.34. The van der Waals surface area contributed by atoms with Crippen molar-refractivity contribution in [1.29, 1.82) is 0 Å². The molecule has 0 unspecified atom stereocenters. The number of nitrogens with one attached hydrogen (secondary N) is 1. The van der Waals surface area contributed by atoms with Gasteiger partial charge in [-0.25, -0.2) is 17.9 Å². The standard InChI is InChI=1S/C40H37ClN2O5S/c41-33-22-23-36-35(26-33)34(16-9-10-28-18-20-31(21-19-28)40(45)46)37(24-25-42-49(47,48)27-32-15-7-8-17-38(32)44)43(36)39(29-11-3-1-4-12-29)30-13-5-2-6-14-30/h1-8,11-15,17-23,26,39,42,44H,9-10,16,24-25,27H2,(H,45,46). The number of halogens is 1. The van der Waals surface area contributed by atoms with Gasteiger partial charge in [0.1, 0.15) is 5.75 Å². The third-order valence-electron chi connectivity index (χ3n) is 8.79. The normalized spacial score (nSPS) is 11.7. The zero-order valence-electron chi connectivity index (χ0n) is 26.8. The van der Waals surface area contributed by atoms with Crippen LogP contribution in [0.3, 0.4) is 0 Å². The van der Waals surface area contributed by atoms with E-state index in [1.165, 1.54) is 6.07 Å². The zero-order chi connectivity index (χ0) is 34.4. The fourth-order valence-electron chi connectivity index (χ4n) is 6.51. The molecule has 3 N–H and O–H groups in total. The minimum absolute atomic E-state index is 0.0571. The van der Waals surface area contributed by atoms with Crippen LogP contribution in [0.15, 0.2) is 127 Å². The van der Waals surface area contributed by atoms with Gasteiger partial charge in [0.05, 0.1) is 17.4 Å². The fourth-order valence-corrected chi connectivity index (χ4v) is 7.85. The maximum Gasteiger partial charge on any atom is 0.335 e. The number of carboxylic acids is 1. The number of carbonyl (C=O) groups is 1. The number of sulfonamides is 1. The summed E-state index contributed by atoms with van der Waals surface area (Å²) in [6.07, 6.45) is 2.62. The molecule has 0 amide bonds. The van der Waals surface area contributed by atoms with Crippen LogP contribution >= 0.6 is 11.6 Å². The van der Waals surface area contributed by atoms with Crippen molar-refractivity contribution >= 4 is 38.5 Å². The Morgan fingerprint density at radius 1 is 0.776 bits per heavy atom. The number of aryl methyl sites for hydroxylation is 2. The number of aromatic nitrogens is 1. The maximum atomic E-state index is 13.2. The first kappa shape index (κ1) is 34.0. The molecule has 0 aliphatic carbocycles. The van der Waals surface area contributed by atoms with Crippen molar-refractivity contribution < 1.29 is 23.4 Å². The van der Waals surface area contributed by atoms with Crippen LogP contribution < -0.4 is 4.72 Å². The van der Waals surface area contributed by atoms with E-state index >= 15 is 0 Å². The summed E-state index contributed by atoms with van der Waals surface area (Å²) in [5.41, 5.74) is 6.90. The number of nitrogens with zero attached hydrogens (tertiary/aromatic N) is 1. The van der Waals surface area contributed by atoms with E-state index < -0.39 is 16.0 Å². The van der Waals surface area contributed by atoms with Crippen molar-refractivity contribution in [3.63, 3.8) is 0 Å². The van der Waals surface area contributed by atoms with Gasteiger partial charge in [-0.2, -0.15) is 0 Å². The highest BCUT2D eigenvalue weighted by Gasteiger charge is 2.26. The van der Waals surface area contributed by atoms with Crippen LogP contribution in [0.1, 0.15) is 56.3 Å². The molecule has 1 aromatic heterocycles. The van der Waals surface area contributed by atoms with Crippen molar-refractivity contribution in [2.24, 2.45) is 0 Å². The van der Waals surface area contributed by atoms with E-state index in [4.69, 9.17) is 11.6 Å². The Morgan fingerprint density at radius 2 is 1.41 bits per heavy atom. The Kier molecular flexibility index (Phi) is 10.5. The first-order valence-electron chi connectivity index (χ1n) is 16.2. The molecular formula is C40H37ClN2O5S. The monoisotopic (exact) mass is 692 g/mol. The number of aromatic carboxylic acids is 1. The lowest BCUT2D eigenvalue weighted by Gasteiger charge is -2.25. The van der Waals surface area contributed by atoms with Crippen LogP contribution in [-0.4, -0.2) is 35.7 Å². The summed E-state index contributed by atoms with van der Waals surface area (Å²) in [7, 11) is -3.76. The van der Waals surface area contributed by atoms with Gasteiger partial charge >= 0.3 is 5.97 Å². The number of carboxylic acid groups (broad SMARTS) is 1. The topological polar surface area (TPSA) is 109 Å². The molecule has 0 fully saturated rings. The summed E-state index contributed by atoms with van der Waals surface area (Å²) >= 11 is 6.62. The Bertz CT molecular complexity index is 2130. The van der Waals surface area contributed by atoms with Crippen LogP contribution in [0.4, 0.5) is 0 Å². The third kappa shape index (κ3) is 8.05. The molecule has 0 saturated carbocycles. The Labute approximate surface area is 291 Å². The number of hydrogen-bond donors (Lipinski definition) is 3. The van der Waals surface area contributed by atoms with E-state index in [1.54, 1.807) is 30.3 Å². The zero-order valence-corrected chi connectivity index (χ0v) is 28.4. The van der Waals surface area contributed by atoms with Crippen LogP contribution in [-0.2, 0) is 35.0 Å². The maximum absolute atomic E-state index is 13.2. The summed E-state index contributed by atoms with van der Waals surface area (Å²) in [4.78, 5) is 11.4. The van der Waals surface area contributed by atoms with Crippen LogP contribution in [0.5, 0.6) is 5.75 Å². The average molecular weight is 693 g/mol. The first-order valence-corrected chi connectivity index (χ1v) is 18.2. The second kappa shape index (κ2) is 15.1. The van der Waals surface area contributed by atoms with Gasteiger partial charge in [0.15, 0.2) is 0 Å². The molecule has 0 aliphatic rings. The highest BCUT2D eigenvalue weighted by molar-refractivity contribution is 7.88. The SMILES string of the molecule is O=C(O)c1ccc(CCCc2c(CCNS(=O)(=O)Cc3ccccc3O)n(C(c3ccccc3)c3ccccc3)c3ccc(Cl)cc23)cc1. The number of fused-ring (bicyclic) bond motifs is 1. The second-order valence-electron chi connectivity index (χ2n) is 12.1. The fraction of sp³-hybridized carbons (Fsp3) is 0.175. The molecule has 9 heteroatoms.